The number of nitrogens with zero attached hydrogens (tertiary/aromatic N) is 1. The molecule has 6 heteroatoms. The number of nitrogens with one attached hydrogen (secondary N) is 1. The third kappa shape index (κ3) is 1.34. The lowest BCUT2D eigenvalue weighted by Gasteiger charge is -2.06. The summed E-state index contributed by atoms with van der Waals surface area (Å²) in [7, 11) is 2.93. The topological polar surface area (TPSA) is 59.9 Å². The van der Waals surface area contributed by atoms with Crippen LogP contribution in [0.15, 0.2) is 4.40 Å². The first-order valence-corrected chi connectivity index (χ1v) is 3.72. The summed E-state index contributed by atoms with van der Waals surface area (Å²) >= 11 is -1.39. The highest BCUT2D eigenvalue weighted by Gasteiger charge is 2.25. The van der Waals surface area contributed by atoms with Gasteiger partial charge in [-0.15, -0.1) is 4.40 Å². The lowest BCUT2D eigenvalue weighted by molar-refractivity contribution is 0.130. The van der Waals surface area contributed by atoms with Crippen molar-refractivity contribution in [3.05, 3.63) is 0 Å². The monoisotopic (exact) mass is 164 g/mol. The van der Waals surface area contributed by atoms with Crippen LogP contribution in [0.2, 0.25) is 0 Å². The van der Waals surface area contributed by atoms with Crippen LogP contribution in [-0.4, -0.2) is 30.6 Å². The van der Waals surface area contributed by atoms with Crippen molar-refractivity contribution in [2.75, 3.05) is 14.2 Å². The van der Waals surface area contributed by atoms with E-state index in [4.69, 9.17) is 9.47 Å². The molecule has 0 aromatic carbocycles. The highest BCUT2D eigenvalue weighted by molar-refractivity contribution is 7.82. The van der Waals surface area contributed by atoms with E-state index in [2.05, 4.69) is 9.12 Å². The van der Waals surface area contributed by atoms with Gasteiger partial charge >= 0.3 is 0 Å². The van der Waals surface area contributed by atoms with Crippen molar-refractivity contribution in [3.8, 4) is 0 Å². The van der Waals surface area contributed by atoms with Crippen LogP contribution in [0, 0.1) is 0 Å². The Morgan fingerprint density at radius 3 is 2.80 bits per heavy atom. The van der Waals surface area contributed by atoms with Gasteiger partial charge < -0.3 is 9.47 Å². The quantitative estimate of drug-likeness (QED) is 0.551. The molecule has 0 aliphatic carbocycles. The van der Waals surface area contributed by atoms with Crippen molar-refractivity contribution in [2.24, 2.45) is 4.40 Å². The van der Waals surface area contributed by atoms with Crippen LogP contribution >= 0.6 is 0 Å². The van der Waals surface area contributed by atoms with Gasteiger partial charge in [0, 0.05) is 7.11 Å². The van der Waals surface area contributed by atoms with E-state index < -0.39 is 17.4 Å². The molecule has 1 aliphatic heterocycles. The second kappa shape index (κ2) is 3.09. The van der Waals surface area contributed by atoms with Crippen LogP contribution in [0.3, 0.4) is 0 Å². The molecule has 0 aromatic heterocycles. The molecule has 1 rings (SSSR count). The number of hydrogen-bond acceptors (Lipinski definition) is 3. The number of methoxy groups -OCH3 is 2. The van der Waals surface area contributed by atoms with Gasteiger partial charge in [-0.25, -0.2) is 4.21 Å². The molecular formula is C4H8N2O3S. The summed E-state index contributed by atoms with van der Waals surface area (Å²) in [6.07, 6.45) is -0.467. The highest BCUT2D eigenvalue weighted by Crippen LogP contribution is 2.02. The van der Waals surface area contributed by atoms with Crippen molar-refractivity contribution >= 4 is 17.1 Å². The van der Waals surface area contributed by atoms with Crippen molar-refractivity contribution in [2.45, 2.75) is 6.23 Å². The van der Waals surface area contributed by atoms with E-state index in [1.807, 2.05) is 0 Å². The summed E-state index contributed by atoms with van der Waals surface area (Å²) in [5, 5.41) is 0. The minimum atomic E-state index is -1.39. The molecule has 2 atom stereocenters. The van der Waals surface area contributed by atoms with Gasteiger partial charge in [0.2, 0.25) is 17.1 Å². The van der Waals surface area contributed by atoms with E-state index in [-0.39, 0.29) is 0 Å². The summed E-state index contributed by atoms with van der Waals surface area (Å²) in [4.78, 5) is 0. The van der Waals surface area contributed by atoms with Gasteiger partial charge in [0.15, 0.2) is 6.23 Å². The molecule has 0 saturated heterocycles. The molecule has 2 unspecified atom stereocenters. The van der Waals surface area contributed by atoms with Crippen LogP contribution in [0.4, 0.5) is 0 Å². The van der Waals surface area contributed by atoms with Crippen LogP contribution in [0.5, 0.6) is 0 Å². The van der Waals surface area contributed by atoms with Crippen LogP contribution in [0.25, 0.3) is 0 Å². The zero-order valence-corrected chi connectivity index (χ0v) is 6.47. The first-order chi connectivity index (χ1) is 4.77. The normalized spacial score (nSPS) is 32.0. The minimum absolute atomic E-state index is 0.320. The smallest absolute Gasteiger partial charge is 0.244 e. The largest absolute Gasteiger partial charge is 0.481 e. The van der Waals surface area contributed by atoms with E-state index in [1.165, 1.54) is 14.2 Å². The first-order valence-electron chi connectivity index (χ1n) is 2.61. The molecule has 0 bridgehead atoms. The Morgan fingerprint density at radius 1 is 1.70 bits per heavy atom. The fourth-order valence-electron chi connectivity index (χ4n) is 0.591. The third-order valence-corrected chi connectivity index (χ3v) is 1.81. The van der Waals surface area contributed by atoms with Crippen LogP contribution < -0.4 is 4.72 Å². The van der Waals surface area contributed by atoms with E-state index in [1.54, 1.807) is 0 Å². The van der Waals surface area contributed by atoms with E-state index in [0.29, 0.717) is 5.90 Å². The zero-order chi connectivity index (χ0) is 7.56. The van der Waals surface area contributed by atoms with Gasteiger partial charge in [-0.1, -0.05) is 0 Å². The molecule has 58 valence electrons. The fourth-order valence-corrected chi connectivity index (χ4v) is 1.36. The Bertz CT molecular complexity index is 181. The van der Waals surface area contributed by atoms with Gasteiger partial charge in [-0.2, -0.15) is 4.72 Å². The van der Waals surface area contributed by atoms with Gasteiger partial charge in [0.25, 0.3) is 0 Å². The van der Waals surface area contributed by atoms with Crippen molar-refractivity contribution in [1.29, 1.82) is 0 Å². The Balaban J connectivity index is 2.65. The fraction of sp³-hybridized carbons (Fsp3) is 0.750. The molecule has 1 heterocycles. The lowest BCUT2D eigenvalue weighted by Crippen LogP contribution is -2.32. The number of hydrogen-bond donors (Lipinski definition) is 1. The number of rotatable bonds is 1. The summed E-state index contributed by atoms with van der Waals surface area (Å²) in [6, 6.07) is 0. The maximum atomic E-state index is 10.6. The molecule has 0 radical (unpaired) electrons. The van der Waals surface area contributed by atoms with Crippen LogP contribution in [-0.2, 0) is 20.6 Å². The highest BCUT2D eigenvalue weighted by atomic mass is 32.2. The average molecular weight is 164 g/mol. The molecular weight excluding hydrogens is 156 g/mol. The van der Waals surface area contributed by atoms with Crippen molar-refractivity contribution in [1.82, 2.24) is 4.72 Å². The maximum Gasteiger partial charge on any atom is 0.244 e. The first kappa shape index (κ1) is 7.64. The molecule has 10 heavy (non-hydrogen) atoms. The summed E-state index contributed by atoms with van der Waals surface area (Å²) in [5.74, 6) is 0.320. The predicted molar refractivity (Wildman–Crippen MR) is 36.5 cm³/mol. The molecule has 1 N–H and O–H groups in total. The molecule has 0 fully saturated rings. The molecule has 0 aromatic rings. The Labute approximate surface area is 61.1 Å². The standard InChI is InChI=1S/C4H8N2O3S/c1-8-3-4(9-2)6-10(7)5-3/h3,5H,1-2H3. The molecule has 0 amide bonds. The summed E-state index contributed by atoms with van der Waals surface area (Å²) in [5.41, 5.74) is 0. The van der Waals surface area contributed by atoms with E-state index in [9.17, 15) is 4.21 Å². The third-order valence-electron chi connectivity index (χ3n) is 1.05. The van der Waals surface area contributed by atoms with Crippen molar-refractivity contribution < 1.29 is 13.7 Å². The SMILES string of the molecule is COC1=NS(=O)NC1OC. The minimum Gasteiger partial charge on any atom is -0.481 e. The molecule has 0 saturated carbocycles. The van der Waals surface area contributed by atoms with Gasteiger partial charge in [-0.05, 0) is 0 Å². The maximum absolute atomic E-state index is 10.6. The molecule has 0 spiro atoms. The number of ether oxygens (including phenoxy) is 2. The zero-order valence-electron chi connectivity index (χ0n) is 5.66. The summed E-state index contributed by atoms with van der Waals surface area (Å²) in [6.45, 7) is 0. The van der Waals surface area contributed by atoms with Gasteiger partial charge in [0.05, 0.1) is 7.11 Å². The Kier molecular flexibility index (Phi) is 2.36. The van der Waals surface area contributed by atoms with Crippen LogP contribution in [0.1, 0.15) is 0 Å². The van der Waals surface area contributed by atoms with E-state index >= 15 is 0 Å². The van der Waals surface area contributed by atoms with Crippen molar-refractivity contribution in [3.63, 3.8) is 0 Å². The van der Waals surface area contributed by atoms with E-state index in [0.717, 1.165) is 0 Å². The average Bonchev–Trinajstić information content (AvgIpc) is 2.30. The lowest BCUT2D eigenvalue weighted by atomic mass is 10.6. The van der Waals surface area contributed by atoms with Gasteiger partial charge in [0.1, 0.15) is 0 Å². The van der Waals surface area contributed by atoms with Gasteiger partial charge in [-0.3, -0.25) is 0 Å². The molecule has 1 aliphatic rings. The second-order valence-electron chi connectivity index (χ2n) is 1.62. The Hall–Kier alpha value is -0.460. The molecule has 5 nitrogen and oxygen atoms in total. The predicted octanol–water partition coefficient (Wildman–Crippen LogP) is -0.814. The second-order valence-corrected chi connectivity index (χ2v) is 2.53. The summed E-state index contributed by atoms with van der Waals surface area (Å²) < 4.78 is 26.3. The Morgan fingerprint density at radius 2 is 2.40 bits per heavy atom.